The summed E-state index contributed by atoms with van der Waals surface area (Å²) in [6, 6.07) is 8.27. The van der Waals surface area contributed by atoms with E-state index in [2.05, 4.69) is 17.1 Å². The molecule has 2 rings (SSSR count). The van der Waals surface area contributed by atoms with Crippen molar-refractivity contribution in [1.29, 1.82) is 0 Å². The lowest BCUT2D eigenvalue weighted by Gasteiger charge is -2.37. The fourth-order valence-electron chi connectivity index (χ4n) is 2.45. The van der Waals surface area contributed by atoms with Crippen LogP contribution in [0.2, 0.25) is 5.02 Å². The largest absolute Gasteiger partial charge is 0.346 e. The van der Waals surface area contributed by atoms with Gasteiger partial charge in [-0.1, -0.05) is 24.6 Å². The van der Waals surface area contributed by atoms with Gasteiger partial charge in [0.25, 0.3) is 0 Å². The lowest BCUT2D eigenvalue weighted by molar-refractivity contribution is 0.239. The van der Waals surface area contributed by atoms with Crippen LogP contribution >= 0.6 is 23.8 Å². The molecule has 98 valence electrons. The van der Waals surface area contributed by atoms with Gasteiger partial charge in [0, 0.05) is 23.3 Å². The van der Waals surface area contributed by atoms with E-state index in [1.165, 1.54) is 19.3 Å². The van der Waals surface area contributed by atoms with E-state index in [9.17, 15) is 0 Å². The number of benzene rings is 1. The third-order valence-electron chi connectivity index (χ3n) is 3.44. The van der Waals surface area contributed by atoms with E-state index in [4.69, 9.17) is 23.8 Å². The van der Waals surface area contributed by atoms with Crippen LogP contribution in [0.1, 0.15) is 32.6 Å². The van der Waals surface area contributed by atoms with E-state index in [1.54, 1.807) is 0 Å². The number of nitrogens with zero attached hydrogens (tertiary/aromatic N) is 1. The number of hydrogen-bond acceptors (Lipinski definition) is 1. The number of nitrogens with one attached hydrogen (secondary N) is 1. The standard InChI is InChI=1S/C14H19ClN2S/c1-2-13-8-3-4-9-17(13)14(18)16-12-7-5-6-11(15)10-12/h5-7,10,13H,2-4,8-9H2,1H3,(H,16,18). The molecule has 1 saturated heterocycles. The second-order valence-corrected chi connectivity index (χ2v) is 5.51. The van der Waals surface area contributed by atoms with Crippen molar-refractivity contribution >= 4 is 34.6 Å². The molecule has 0 aliphatic carbocycles. The lowest BCUT2D eigenvalue weighted by Crippen LogP contribution is -2.45. The van der Waals surface area contributed by atoms with Gasteiger partial charge < -0.3 is 10.2 Å². The Morgan fingerprint density at radius 2 is 2.33 bits per heavy atom. The number of rotatable bonds is 2. The number of piperidine rings is 1. The minimum absolute atomic E-state index is 0.581. The molecule has 0 spiro atoms. The third kappa shape index (κ3) is 3.36. The average Bonchev–Trinajstić information content (AvgIpc) is 2.38. The molecule has 0 saturated carbocycles. The average molecular weight is 283 g/mol. The zero-order valence-electron chi connectivity index (χ0n) is 10.7. The van der Waals surface area contributed by atoms with Gasteiger partial charge in [-0.3, -0.25) is 0 Å². The summed E-state index contributed by atoms with van der Waals surface area (Å²) in [5.74, 6) is 0. The zero-order valence-corrected chi connectivity index (χ0v) is 12.2. The van der Waals surface area contributed by atoms with Crippen LogP contribution in [0, 0.1) is 0 Å². The van der Waals surface area contributed by atoms with Crippen LogP contribution in [0.15, 0.2) is 24.3 Å². The van der Waals surface area contributed by atoms with Gasteiger partial charge >= 0.3 is 0 Å². The summed E-state index contributed by atoms with van der Waals surface area (Å²) in [5, 5.41) is 4.84. The molecule has 0 bridgehead atoms. The number of anilines is 1. The van der Waals surface area contributed by atoms with Crippen molar-refractivity contribution in [3.63, 3.8) is 0 Å². The SMILES string of the molecule is CCC1CCCCN1C(=S)Nc1cccc(Cl)c1. The van der Waals surface area contributed by atoms with Crippen molar-refractivity contribution in [3.8, 4) is 0 Å². The highest BCUT2D eigenvalue weighted by Crippen LogP contribution is 2.21. The summed E-state index contributed by atoms with van der Waals surface area (Å²) in [6.07, 6.45) is 4.94. The first-order chi connectivity index (χ1) is 8.70. The van der Waals surface area contributed by atoms with E-state index in [0.29, 0.717) is 6.04 Å². The van der Waals surface area contributed by atoms with Crippen LogP contribution in [-0.2, 0) is 0 Å². The Labute approximate surface area is 119 Å². The predicted octanol–water partition coefficient (Wildman–Crippen LogP) is 4.30. The smallest absolute Gasteiger partial charge is 0.173 e. The van der Waals surface area contributed by atoms with Crippen molar-refractivity contribution < 1.29 is 0 Å². The predicted molar refractivity (Wildman–Crippen MR) is 82.3 cm³/mol. The zero-order chi connectivity index (χ0) is 13.0. The monoisotopic (exact) mass is 282 g/mol. The molecule has 18 heavy (non-hydrogen) atoms. The van der Waals surface area contributed by atoms with E-state index >= 15 is 0 Å². The molecule has 1 heterocycles. The van der Waals surface area contributed by atoms with Gasteiger partial charge in [-0.05, 0) is 56.1 Å². The van der Waals surface area contributed by atoms with Gasteiger partial charge in [-0.25, -0.2) is 0 Å². The molecule has 1 N–H and O–H groups in total. The van der Waals surface area contributed by atoms with E-state index in [-0.39, 0.29) is 0 Å². The highest BCUT2D eigenvalue weighted by Gasteiger charge is 2.22. The minimum Gasteiger partial charge on any atom is -0.346 e. The molecule has 1 atom stereocenters. The van der Waals surface area contributed by atoms with Gasteiger partial charge in [-0.15, -0.1) is 0 Å². The van der Waals surface area contributed by atoms with Crippen LogP contribution in [0.25, 0.3) is 0 Å². The van der Waals surface area contributed by atoms with Crippen LogP contribution in [0.3, 0.4) is 0 Å². The molecule has 0 radical (unpaired) electrons. The van der Waals surface area contributed by atoms with E-state index in [1.807, 2.05) is 24.3 Å². The molecule has 1 aliphatic heterocycles. The van der Waals surface area contributed by atoms with Gasteiger partial charge in [0.1, 0.15) is 0 Å². The topological polar surface area (TPSA) is 15.3 Å². The molecule has 1 fully saturated rings. The first kappa shape index (κ1) is 13.6. The molecule has 0 aromatic heterocycles. The summed E-state index contributed by atoms with van der Waals surface area (Å²) in [6.45, 7) is 3.29. The van der Waals surface area contributed by atoms with Gasteiger partial charge in [0.2, 0.25) is 0 Å². The molecule has 1 aromatic carbocycles. The summed E-state index contributed by atoms with van der Waals surface area (Å²) >= 11 is 11.5. The number of halogens is 1. The Balaban J connectivity index is 2.02. The minimum atomic E-state index is 0.581. The Morgan fingerprint density at radius 3 is 3.06 bits per heavy atom. The Hall–Kier alpha value is -0.800. The molecule has 2 nitrogen and oxygen atoms in total. The molecule has 0 amide bonds. The first-order valence-corrected chi connectivity index (χ1v) is 7.32. The molecule has 1 unspecified atom stereocenters. The molecule has 4 heteroatoms. The van der Waals surface area contributed by atoms with Gasteiger partial charge in [-0.2, -0.15) is 0 Å². The van der Waals surface area contributed by atoms with Gasteiger partial charge in [0.15, 0.2) is 5.11 Å². The Kier molecular flexibility index (Phi) is 4.84. The highest BCUT2D eigenvalue weighted by molar-refractivity contribution is 7.80. The quantitative estimate of drug-likeness (QED) is 0.814. The van der Waals surface area contributed by atoms with Crippen LogP contribution in [0.5, 0.6) is 0 Å². The molecular weight excluding hydrogens is 264 g/mol. The highest BCUT2D eigenvalue weighted by atomic mass is 35.5. The fraction of sp³-hybridized carbons (Fsp3) is 0.500. The van der Waals surface area contributed by atoms with Crippen LogP contribution in [-0.4, -0.2) is 22.6 Å². The lowest BCUT2D eigenvalue weighted by atomic mass is 10.0. The maximum Gasteiger partial charge on any atom is 0.173 e. The maximum absolute atomic E-state index is 5.97. The van der Waals surface area contributed by atoms with Crippen LogP contribution < -0.4 is 5.32 Å². The molecule has 1 aromatic rings. The fourth-order valence-corrected chi connectivity index (χ4v) is 3.00. The van der Waals surface area contributed by atoms with Crippen molar-refractivity contribution in [2.24, 2.45) is 0 Å². The first-order valence-electron chi connectivity index (χ1n) is 6.54. The summed E-state index contributed by atoms with van der Waals surface area (Å²) in [5.41, 5.74) is 0.966. The second-order valence-electron chi connectivity index (χ2n) is 4.69. The van der Waals surface area contributed by atoms with E-state index in [0.717, 1.165) is 28.8 Å². The normalized spacial score (nSPS) is 19.7. The van der Waals surface area contributed by atoms with Gasteiger partial charge in [0.05, 0.1) is 0 Å². The summed E-state index contributed by atoms with van der Waals surface area (Å²) in [7, 11) is 0. The van der Waals surface area contributed by atoms with Crippen molar-refractivity contribution in [1.82, 2.24) is 4.90 Å². The van der Waals surface area contributed by atoms with E-state index < -0.39 is 0 Å². The number of likely N-dealkylation sites (tertiary alicyclic amines) is 1. The summed E-state index contributed by atoms with van der Waals surface area (Å²) in [4.78, 5) is 2.32. The molecular formula is C14H19ClN2S. The second kappa shape index (κ2) is 6.39. The number of thiocarbonyl (C=S) groups is 1. The van der Waals surface area contributed by atoms with Crippen LogP contribution in [0.4, 0.5) is 5.69 Å². The van der Waals surface area contributed by atoms with Crippen molar-refractivity contribution in [3.05, 3.63) is 29.3 Å². The van der Waals surface area contributed by atoms with Crippen molar-refractivity contribution in [2.45, 2.75) is 38.6 Å². The third-order valence-corrected chi connectivity index (χ3v) is 4.01. The Morgan fingerprint density at radius 1 is 1.50 bits per heavy atom. The molecule has 1 aliphatic rings. The summed E-state index contributed by atoms with van der Waals surface area (Å²) < 4.78 is 0. The maximum atomic E-state index is 5.97. The number of hydrogen-bond donors (Lipinski definition) is 1. The van der Waals surface area contributed by atoms with Crippen molar-refractivity contribution in [2.75, 3.05) is 11.9 Å². The Bertz CT molecular complexity index is 422.